The van der Waals surface area contributed by atoms with Crippen LogP contribution in [0.4, 0.5) is 0 Å². The third-order valence-corrected chi connectivity index (χ3v) is 3.75. The number of nitrogens with zero attached hydrogens (tertiary/aromatic N) is 1. The summed E-state index contributed by atoms with van der Waals surface area (Å²) in [7, 11) is 0. The monoisotopic (exact) mass is 281 g/mol. The van der Waals surface area contributed by atoms with Crippen LogP contribution in [-0.4, -0.2) is 22.8 Å². The quantitative estimate of drug-likeness (QED) is 0.745. The zero-order valence-electron chi connectivity index (χ0n) is 10.2. The Morgan fingerprint density at radius 2 is 2.00 bits per heavy atom. The Morgan fingerprint density at radius 1 is 1.25 bits per heavy atom. The van der Waals surface area contributed by atoms with Crippen LogP contribution in [0.2, 0.25) is 0 Å². The Balaban J connectivity index is 2.03. The van der Waals surface area contributed by atoms with Gasteiger partial charge in [-0.1, -0.05) is 34.1 Å². The molecule has 0 amide bonds. The summed E-state index contributed by atoms with van der Waals surface area (Å²) >= 11 is 3.54. The summed E-state index contributed by atoms with van der Waals surface area (Å²) in [6.07, 6.45) is 2.77. The van der Waals surface area contributed by atoms with Gasteiger partial charge in [-0.05, 0) is 43.4 Å². The summed E-state index contributed by atoms with van der Waals surface area (Å²) in [5.74, 6) is 0. The lowest BCUT2D eigenvalue weighted by atomic mass is 10.1. The molecule has 0 radical (unpaired) electrons. The van der Waals surface area contributed by atoms with Crippen LogP contribution in [0.25, 0.3) is 0 Å². The Bertz CT molecular complexity index is 358. The van der Waals surface area contributed by atoms with E-state index in [1.807, 2.05) is 0 Å². The minimum absolute atomic E-state index is 0.846. The van der Waals surface area contributed by atoms with E-state index in [1.165, 1.54) is 29.5 Å². The van der Waals surface area contributed by atoms with E-state index in [0.717, 1.165) is 24.5 Å². The van der Waals surface area contributed by atoms with Gasteiger partial charge in [-0.2, -0.15) is 0 Å². The van der Waals surface area contributed by atoms with Gasteiger partial charge in [0, 0.05) is 24.5 Å². The molecule has 0 atom stereocenters. The van der Waals surface area contributed by atoms with Crippen LogP contribution in [0, 0.1) is 13.8 Å². The Labute approximate surface area is 107 Å². The third-order valence-electron chi connectivity index (χ3n) is 3.39. The molecule has 1 aliphatic rings. The minimum Gasteiger partial charge on any atom is -0.295 e. The second-order valence-corrected chi connectivity index (χ2v) is 5.60. The smallest absolute Gasteiger partial charge is 0.0237 e. The lowest BCUT2D eigenvalue weighted by molar-refractivity contribution is 0.272. The van der Waals surface area contributed by atoms with Gasteiger partial charge in [0.15, 0.2) is 0 Å². The molecule has 2 rings (SSSR count). The fourth-order valence-electron chi connectivity index (χ4n) is 2.08. The van der Waals surface area contributed by atoms with Gasteiger partial charge in [0.2, 0.25) is 0 Å². The molecule has 1 aromatic rings. The van der Waals surface area contributed by atoms with Gasteiger partial charge in [-0.3, -0.25) is 4.90 Å². The highest BCUT2D eigenvalue weighted by molar-refractivity contribution is 9.09. The topological polar surface area (TPSA) is 3.24 Å². The maximum absolute atomic E-state index is 3.54. The Morgan fingerprint density at radius 3 is 2.56 bits per heavy atom. The van der Waals surface area contributed by atoms with Crippen molar-refractivity contribution in [3.8, 4) is 0 Å². The van der Waals surface area contributed by atoms with E-state index < -0.39 is 0 Å². The number of hydrogen-bond donors (Lipinski definition) is 0. The Hall–Kier alpha value is -0.340. The molecule has 16 heavy (non-hydrogen) atoms. The first-order valence-electron chi connectivity index (χ1n) is 6.07. The van der Waals surface area contributed by atoms with Gasteiger partial charge in [0.1, 0.15) is 0 Å². The molecule has 88 valence electrons. The van der Waals surface area contributed by atoms with Crippen molar-refractivity contribution in [3.05, 3.63) is 34.9 Å². The summed E-state index contributed by atoms with van der Waals surface area (Å²) in [6.45, 7) is 6.65. The van der Waals surface area contributed by atoms with E-state index >= 15 is 0 Å². The van der Waals surface area contributed by atoms with Gasteiger partial charge in [0.25, 0.3) is 0 Å². The fourth-order valence-corrected chi connectivity index (χ4v) is 2.53. The molecular formula is C14H20BrN. The lowest BCUT2D eigenvalue weighted by Crippen LogP contribution is -2.27. The van der Waals surface area contributed by atoms with E-state index in [4.69, 9.17) is 0 Å². The molecule has 0 spiro atoms. The molecule has 1 nitrogen and oxygen atoms in total. The Kier molecular flexibility index (Phi) is 4.04. The number of halogens is 1. The summed E-state index contributed by atoms with van der Waals surface area (Å²) < 4.78 is 0. The normalized spacial score (nSPS) is 15.8. The van der Waals surface area contributed by atoms with Crippen molar-refractivity contribution in [2.75, 3.05) is 11.9 Å². The average molecular weight is 282 g/mol. The summed E-state index contributed by atoms with van der Waals surface area (Å²) in [5, 5.41) is 1.08. The number of benzene rings is 1. The van der Waals surface area contributed by atoms with Crippen LogP contribution in [0.15, 0.2) is 18.2 Å². The minimum atomic E-state index is 0.846. The standard InChI is InChI=1S/C14H20BrN/c1-11-3-4-13(9-12(11)2)10-16(8-7-15)14-5-6-14/h3-4,9,14H,5-8,10H2,1-2H3. The van der Waals surface area contributed by atoms with Crippen LogP contribution in [-0.2, 0) is 6.54 Å². The summed E-state index contributed by atoms with van der Waals surface area (Å²) in [4.78, 5) is 2.60. The fraction of sp³-hybridized carbons (Fsp3) is 0.571. The van der Waals surface area contributed by atoms with Gasteiger partial charge in [-0.25, -0.2) is 0 Å². The first-order chi connectivity index (χ1) is 7.70. The van der Waals surface area contributed by atoms with Gasteiger partial charge in [-0.15, -0.1) is 0 Å². The van der Waals surface area contributed by atoms with Crippen molar-refractivity contribution in [1.82, 2.24) is 4.90 Å². The number of aryl methyl sites for hydroxylation is 2. The lowest BCUT2D eigenvalue weighted by Gasteiger charge is -2.21. The number of rotatable bonds is 5. The predicted octanol–water partition coefficient (Wildman–Crippen LogP) is 3.66. The summed E-state index contributed by atoms with van der Waals surface area (Å²) in [6, 6.07) is 7.69. The highest BCUT2D eigenvalue weighted by Crippen LogP contribution is 2.28. The van der Waals surface area contributed by atoms with Crippen molar-refractivity contribution in [1.29, 1.82) is 0 Å². The maximum atomic E-state index is 3.54. The molecule has 0 N–H and O–H groups in total. The van der Waals surface area contributed by atoms with Crippen LogP contribution >= 0.6 is 15.9 Å². The van der Waals surface area contributed by atoms with Gasteiger partial charge < -0.3 is 0 Å². The van der Waals surface area contributed by atoms with E-state index in [9.17, 15) is 0 Å². The second-order valence-electron chi connectivity index (χ2n) is 4.81. The van der Waals surface area contributed by atoms with Crippen LogP contribution in [0.5, 0.6) is 0 Å². The van der Waals surface area contributed by atoms with Crippen molar-refractivity contribution in [3.63, 3.8) is 0 Å². The van der Waals surface area contributed by atoms with Crippen LogP contribution < -0.4 is 0 Å². The van der Waals surface area contributed by atoms with E-state index in [0.29, 0.717) is 0 Å². The molecule has 1 aliphatic carbocycles. The van der Waals surface area contributed by atoms with Crippen molar-refractivity contribution in [2.24, 2.45) is 0 Å². The van der Waals surface area contributed by atoms with E-state index in [-0.39, 0.29) is 0 Å². The molecule has 0 aliphatic heterocycles. The highest BCUT2D eigenvalue weighted by atomic mass is 79.9. The first-order valence-corrected chi connectivity index (χ1v) is 7.19. The zero-order chi connectivity index (χ0) is 11.5. The zero-order valence-corrected chi connectivity index (χ0v) is 11.8. The number of hydrogen-bond acceptors (Lipinski definition) is 1. The molecule has 0 aromatic heterocycles. The average Bonchev–Trinajstić information content (AvgIpc) is 3.06. The van der Waals surface area contributed by atoms with Crippen molar-refractivity contribution >= 4 is 15.9 Å². The van der Waals surface area contributed by atoms with Crippen molar-refractivity contribution < 1.29 is 0 Å². The largest absolute Gasteiger partial charge is 0.295 e. The van der Waals surface area contributed by atoms with Crippen LogP contribution in [0.1, 0.15) is 29.5 Å². The molecule has 0 bridgehead atoms. The molecular weight excluding hydrogens is 262 g/mol. The highest BCUT2D eigenvalue weighted by Gasteiger charge is 2.28. The molecule has 1 saturated carbocycles. The van der Waals surface area contributed by atoms with Crippen LogP contribution in [0.3, 0.4) is 0 Å². The van der Waals surface area contributed by atoms with E-state index in [1.54, 1.807) is 0 Å². The molecule has 0 saturated heterocycles. The van der Waals surface area contributed by atoms with Gasteiger partial charge in [0.05, 0.1) is 0 Å². The predicted molar refractivity (Wildman–Crippen MR) is 73.1 cm³/mol. The molecule has 0 unspecified atom stereocenters. The first kappa shape index (κ1) is 12.1. The van der Waals surface area contributed by atoms with E-state index in [2.05, 4.69) is 52.9 Å². The SMILES string of the molecule is Cc1ccc(CN(CCBr)C2CC2)cc1C. The second kappa shape index (κ2) is 5.33. The molecule has 2 heteroatoms. The molecule has 0 heterocycles. The maximum Gasteiger partial charge on any atom is 0.0237 e. The third kappa shape index (κ3) is 3.08. The van der Waals surface area contributed by atoms with Gasteiger partial charge >= 0.3 is 0 Å². The molecule has 1 aromatic carbocycles. The molecule has 1 fully saturated rings. The number of alkyl halides is 1. The van der Waals surface area contributed by atoms with Crippen molar-refractivity contribution in [2.45, 2.75) is 39.3 Å². The summed E-state index contributed by atoms with van der Waals surface area (Å²) in [5.41, 5.74) is 4.25.